The van der Waals surface area contributed by atoms with Crippen LogP contribution in [-0.4, -0.2) is 28.9 Å². The van der Waals surface area contributed by atoms with E-state index >= 15 is 0 Å². The number of alkyl halides is 3. The number of urea groups is 1. The zero-order chi connectivity index (χ0) is 23.3. The molecule has 0 aliphatic carbocycles. The molecule has 9 nitrogen and oxygen atoms in total. The molecule has 0 fully saturated rings. The maximum Gasteiger partial charge on any atom is 0.416 e. The Morgan fingerprint density at radius 3 is 2.39 bits per heavy atom. The minimum Gasteiger partial charge on any atom is -0.449 e. The summed E-state index contributed by atoms with van der Waals surface area (Å²) in [7, 11) is 0. The Hall–Kier alpha value is -3.61. The molecule has 0 saturated carbocycles. The average molecular weight is 457 g/mol. The van der Waals surface area contributed by atoms with Crippen LogP contribution >= 0.6 is 11.8 Å². The van der Waals surface area contributed by atoms with Crippen molar-refractivity contribution in [1.29, 1.82) is 0 Å². The molecule has 0 spiro atoms. The lowest BCUT2D eigenvalue weighted by Crippen LogP contribution is -2.42. The number of carbonyl (C=O) groups is 3. The smallest absolute Gasteiger partial charge is 0.416 e. The number of halogens is 3. The van der Waals surface area contributed by atoms with E-state index in [2.05, 4.69) is 0 Å². The van der Waals surface area contributed by atoms with Gasteiger partial charge >= 0.3 is 18.2 Å². The quantitative estimate of drug-likeness (QED) is 0.384. The van der Waals surface area contributed by atoms with Gasteiger partial charge in [-0.05, 0) is 31.2 Å². The molecule has 0 saturated heterocycles. The van der Waals surface area contributed by atoms with Crippen molar-refractivity contribution in [2.45, 2.75) is 29.0 Å². The van der Waals surface area contributed by atoms with E-state index in [-0.39, 0.29) is 15.4 Å². The highest BCUT2D eigenvalue weighted by Gasteiger charge is 2.33. The Bertz CT molecular complexity index is 1040. The lowest BCUT2D eigenvalue weighted by molar-refractivity contribution is -0.388. The monoisotopic (exact) mass is 457 g/mol. The van der Waals surface area contributed by atoms with Gasteiger partial charge in [-0.2, -0.15) is 13.2 Å². The van der Waals surface area contributed by atoms with Crippen molar-refractivity contribution in [2.24, 2.45) is 5.73 Å². The number of nitro groups is 1. The third-order valence-electron chi connectivity index (χ3n) is 3.71. The predicted octanol–water partition coefficient (Wildman–Crippen LogP) is 3.51. The van der Waals surface area contributed by atoms with Crippen molar-refractivity contribution >= 4 is 35.4 Å². The summed E-state index contributed by atoms with van der Waals surface area (Å²) in [6, 6.07) is 6.53. The molecule has 0 bridgehead atoms. The Morgan fingerprint density at radius 2 is 1.81 bits per heavy atom. The van der Waals surface area contributed by atoms with E-state index in [0.717, 1.165) is 6.07 Å². The summed E-state index contributed by atoms with van der Waals surface area (Å²) in [4.78, 5) is 45.1. The highest BCUT2D eigenvalue weighted by Crippen LogP contribution is 2.40. The minimum absolute atomic E-state index is 0.0968. The van der Waals surface area contributed by atoms with E-state index in [9.17, 15) is 37.7 Å². The Labute approximate surface area is 176 Å². The highest BCUT2D eigenvalue weighted by molar-refractivity contribution is 7.99. The van der Waals surface area contributed by atoms with E-state index in [1.807, 2.05) is 0 Å². The van der Waals surface area contributed by atoms with E-state index in [4.69, 9.17) is 10.5 Å². The van der Waals surface area contributed by atoms with Crippen molar-refractivity contribution in [3.05, 3.63) is 63.7 Å². The number of nitrogens with one attached hydrogen (secondary N) is 1. The summed E-state index contributed by atoms with van der Waals surface area (Å²) in [6.07, 6.45) is -6.16. The second kappa shape index (κ2) is 9.47. The van der Waals surface area contributed by atoms with E-state index in [1.54, 1.807) is 5.32 Å². The van der Waals surface area contributed by atoms with Gasteiger partial charge in [0.15, 0.2) is 6.10 Å². The number of hydrogen-bond acceptors (Lipinski definition) is 7. The number of hydrogen-bond donors (Lipinski definition) is 2. The maximum absolute atomic E-state index is 12.9. The number of esters is 1. The molecular formula is C18H14F3N3O6S. The van der Waals surface area contributed by atoms with Crippen molar-refractivity contribution in [3.63, 3.8) is 0 Å². The molecule has 0 heterocycles. The third-order valence-corrected chi connectivity index (χ3v) is 4.85. The van der Waals surface area contributed by atoms with Gasteiger partial charge in [-0.3, -0.25) is 20.2 Å². The summed E-state index contributed by atoms with van der Waals surface area (Å²) in [5, 5.41) is 13.0. The summed E-state index contributed by atoms with van der Waals surface area (Å²) in [5.74, 6) is -1.96. The fourth-order valence-corrected chi connectivity index (χ4v) is 3.29. The fourth-order valence-electron chi connectivity index (χ4n) is 2.27. The molecule has 31 heavy (non-hydrogen) atoms. The molecule has 2 aromatic rings. The molecule has 2 rings (SSSR count). The second-order valence-electron chi connectivity index (χ2n) is 5.94. The van der Waals surface area contributed by atoms with Gasteiger partial charge in [-0.15, -0.1) is 0 Å². The van der Waals surface area contributed by atoms with Gasteiger partial charge in [0.2, 0.25) is 0 Å². The van der Waals surface area contributed by atoms with Gasteiger partial charge in [0.25, 0.3) is 11.6 Å². The van der Waals surface area contributed by atoms with Gasteiger partial charge in [-0.25, -0.2) is 9.59 Å². The third kappa shape index (κ3) is 6.18. The van der Waals surface area contributed by atoms with Crippen molar-refractivity contribution in [1.82, 2.24) is 5.32 Å². The Kier molecular flexibility index (Phi) is 7.23. The number of nitro benzene ring substituents is 1. The number of ether oxygens (including phenoxy) is 1. The van der Waals surface area contributed by atoms with Crippen LogP contribution in [0.1, 0.15) is 22.8 Å². The zero-order valence-corrected chi connectivity index (χ0v) is 16.5. The van der Waals surface area contributed by atoms with Gasteiger partial charge in [0, 0.05) is 11.0 Å². The van der Waals surface area contributed by atoms with Gasteiger partial charge in [0.05, 0.1) is 20.9 Å². The summed E-state index contributed by atoms with van der Waals surface area (Å²) in [5.41, 5.74) is 2.74. The number of carbonyl (C=O) groups excluding carboxylic acids is 3. The van der Waals surface area contributed by atoms with Crippen LogP contribution in [0.15, 0.2) is 52.3 Å². The van der Waals surface area contributed by atoms with Crippen LogP contribution < -0.4 is 11.1 Å². The van der Waals surface area contributed by atoms with Gasteiger partial charge in [-0.1, -0.05) is 23.9 Å². The molecule has 3 amide bonds. The van der Waals surface area contributed by atoms with E-state index in [1.165, 1.54) is 31.2 Å². The van der Waals surface area contributed by atoms with Crippen LogP contribution in [-0.2, 0) is 15.7 Å². The summed E-state index contributed by atoms with van der Waals surface area (Å²) >= 11 is 0.678. The molecule has 0 aliphatic rings. The molecule has 0 aromatic heterocycles. The lowest BCUT2D eigenvalue weighted by Gasteiger charge is -2.14. The molecule has 0 unspecified atom stereocenters. The van der Waals surface area contributed by atoms with Crippen LogP contribution in [0.25, 0.3) is 0 Å². The van der Waals surface area contributed by atoms with Gasteiger partial charge in [0.1, 0.15) is 0 Å². The lowest BCUT2D eigenvalue weighted by atomic mass is 10.2. The van der Waals surface area contributed by atoms with E-state index in [0.29, 0.717) is 23.9 Å². The van der Waals surface area contributed by atoms with Crippen LogP contribution in [0, 0.1) is 10.1 Å². The SMILES string of the molecule is C[C@@H](OC(=O)c1ccccc1Sc1ccc(C(F)(F)F)cc1[N+](=O)[O-])C(=O)NC(N)=O. The molecule has 164 valence electrons. The van der Waals surface area contributed by atoms with E-state index < -0.39 is 46.4 Å². The second-order valence-corrected chi connectivity index (χ2v) is 7.02. The van der Waals surface area contributed by atoms with Crippen LogP contribution in [0.5, 0.6) is 0 Å². The highest BCUT2D eigenvalue weighted by atomic mass is 32.2. The van der Waals surface area contributed by atoms with Crippen LogP contribution in [0.4, 0.5) is 23.7 Å². The number of nitrogens with zero attached hydrogens (tertiary/aromatic N) is 1. The van der Waals surface area contributed by atoms with Crippen molar-refractivity contribution in [2.75, 3.05) is 0 Å². The molecule has 2 aromatic carbocycles. The number of benzene rings is 2. The number of imide groups is 1. The molecule has 0 aliphatic heterocycles. The van der Waals surface area contributed by atoms with Crippen molar-refractivity contribution < 1.29 is 37.2 Å². The normalized spacial score (nSPS) is 12.0. The number of nitrogens with two attached hydrogens (primary N) is 1. The summed E-state index contributed by atoms with van der Waals surface area (Å²) < 4.78 is 43.6. The Morgan fingerprint density at radius 1 is 1.16 bits per heavy atom. The first kappa shape index (κ1) is 23.7. The van der Waals surface area contributed by atoms with Gasteiger partial charge < -0.3 is 10.5 Å². The number of amides is 3. The molecule has 3 N–H and O–H groups in total. The molecule has 0 radical (unpaired) electrons. The minimum atomic E-state index is -4.77. The fraction of sp³-hybridized carbons (Fsp3) is 0.167. The Balaban J connectivity index is 2.32. The maximum atomic E-state index is 12.9. The molecule has 1 atom stereocenters. The largest absolute Gasteiger partial charge is 0.449 e. The van der Waals surface area contributed by atoms with Crippen molar-refractivity contribution in [3.8, 4) is 0 Å². The standard InChI is InChI=1S/C18H14F3N3O6S/c1-9(15(25)23-17(22)27)30-16(26)11-4-2-3-5-13(11)31-14-7-6-10(18(19,20)21)8-12(14)24(28)29/h2-9H,1H3,(H3,22,23,25,27)/t9-/m1/s1. The molecular weight excluding hydrogens is 443 g/mol. The topological polar surface area (TPSA) is 142 Å². The zero-order valence-electron chi connectivity index (χ0n) is 15.6. The van der Waals surface area contributed by atoms with Crippen LogP contribution in [0.2, 0.25) is 0 Å². The first-order chi connectivity index (χ1) is 14.4. The first-order valence-electron chi connectivity index (χ1n) is 8.34. The molecule has 13 heteroatoms. The average Bonchev–Trinajstić information content (AvgIpc) is 2.67. The summed E-state index contributed by atoms with van der Waals surface area (Å²) in [6.45, 7) is 1.19. The number of rotatable bonds is 6. The predicted molar refractivity (Wildman–Crippen MR) is 101 cm³/mol. The van der Waals surface area contributed by atoms with Crippen LogP contribution in [0.3, 0.4) is 0 Å². The first-order valence-corrected chi connectivity index (χ1v) is 9.15. The number of primary amides is 1.